The van der Waals surface area contributed by atoms with Gasteiger partial charge in [0.05, 0.1) is 10.6 Å². The number of nitrogens with zero attached hydrogens (tertiary/aromatic N) is 1. The average Bonchev–Trinajstić information content (AvgIpc) is 2.46. The van der Waals surface area contributed by atoms with Crippen molar-refractivity contribution in [2.45, 2.75) is 26.7 Å². The molecule has 1 heterocycles. The van der Waals surface area contributed by atoms with Crippen LogP contribution in [0.1, 0.15) is 37.0 Å². The fourth-order valence-corrected chi connectivity index (χ4v) is 3.18. The van der Waals surface area contributed by atoms with Gasteiger partial charge in [0.2, 0.25) is 0 Å². The van der Waals surface area contributed by atoms with Crippen LogP contribution in [0, 0.1) is 17.7 Å². The number of hydrogen-bond acceptors (Lipinski definition) is 2. The van der Waals surface area contributed by atoms with Gasteiger partial charge in [0.25, 0.3) is 5.91 Å². The third kappa shape index (κ3) is 4.68. The molecule has 0 spiro atoms. The topological polar surface area (TPSA) is 32.3 Å². The van der Waals surface area contributed by atoms with E-state index in [0.29, 0.717) is 18.4 Å². The smallest absolute Gasteiger partial charge is 0.255 e. The van der Waals surface area contributed by atoms with Crippen molar-refractivity contribution in [3.8, 4) is 0 Å². The fraction of sp³-hybridized carbons (Fsp3) is 0.588. The molecule has 5 heteroatoms. The highest BCUT2D eigenvalue weighted by Gasteiger charge is 2.21. The number of halogens is 2. The van der Waals surface area contributed by atoms with Crippen molar-refractivity contribution in [2.75, 3.05) is 26.2 Å². The molecule has 1 aromatic carbocycles. The number of carbonyl (C=O) groups is 1. The standard InChI is InChI=1S/C17H24ClFN2O/c1-12(2)11-21-8-6-13(7-9-21)10-20-17(22)16-14(18)4-3-5-15(16)19/h3-5,12-13H,6-11H2,1-2H3,(H,20,22). The Hall–Kier alpha value is -1.13. The lowest BCUT2D eigenvalue weighted by molar-refractivity contribution is 0.0930. The Morgan fingerprint density at radius 3 is 2.68 bits per heavy atom. The van der Waals surface area contributed by atoms with Crippen molar-refractivity contribution in [2.24, 2.45) is 11.8 Å². The van der Waals surface area contributed by atoms with Crippen molar-refractivity contribution in [3.05, 3.63) is 34.6 Å². The number of likely N-dealkylation sites (tertiary alicyclic amines) is 1. The number of rotatable bonds is 5. The normalized spacial score (nSPS) is 17.0. The van der Waals surface area contributed by atoms with Gasteiger partial charge < -0.3 is 10.2 Å². The molecule has 0 atom stereocenters. The lowest BCUT2D eigenvalue weighted by Crippen LogP contribution is -2.40. The number of benzene rings is 1. The minimum atomic E-state index is -0.572. The van der Waals surface area contributed by atoms with Gasteiger partial charge in [-0.15, -0.1) is 0 Å². The summed E-state index contributed by atoms with van der Waals surface area (Å²) in [7, 11) is 0. The molecule has 1 fully saturated rings. The summed E-state index contributed by atoms with van der Waals surface area (Å²) < 4.78 is 13.7. The summed E-state index contributed by atoms with van der Waals surface area (Å²) >= 11 is 5.91. The molecule has 1 aliphatic rings. The molecule has 3 nitrogen and oxygen atoms in total. The van der Waals surface area contributed by atoms with E-state index in [0.717, 1.165) is 32.5 Å². The van der Waals surface area contributed by atoms with E-state index in [1.807, 2.05) is 0 Å². The first-order chi connectivity index (χ1) is 10.5. The first-order valence-corrected chi connectivity index (χ1v) is 8.29. The Labute approximate surface area is 136 Å². The van der Waals surface area contributed by atoms with Gasteiger partial charge in [-0.2, -0.15) is 0 Å². The van der Waals surface area contributed by atoms with Crippen LogP contribution in [0.3, 0.4) is 0 Å². The first kappa shape index (κ1) is 17.2. The Balaban J connectivity index is 1.81. The van der Waals surface area contributed by atoms with Gasteiger partial charge >= 0.3 is 0 Å². The zero-order chi connectivity index (χ0) is 16.1. The van der Waals surface area contributed by atoms with Crippen LogP contribution in [0.25, 0.3) is 0 Å². The van der Waals surface area contributed by atoms with E-state index in [1.165, 1.54) is 18.2 Å². The second-order valence-electron chi connectivity index (χ2n) is 6.44. The van der Waals surface area contributed by atoms with Crippen LogP contribution in [-0.4, -0.2) is 37.0 Å². The summed E-state index contributed by atoms with van der Waals surface area (Å²) in [6.07, 6.45) is 2.13. The SMILES string of the molecule is CC(C)CN1CCC(CNC(=O)c2c(F)cccc2Cl)CC1. The number of carbonyl (C=O) groups excluding carboxylic acids is 1. The second-order valence-corrected chi connectivity index (χ2v) is 6.85. The van der Waals surface area contributed by atoms with Gasteiger partial charge in [0.1, 0.15) is 5.82 Å². The van der Waals surface area contributed by atoms with Gasteiger partial charge in [-0.05, 0) is 49.9 Å². The largest absolute Gasteiger partial charge is 0.352 e. The molecule has 0 aliphatic carbocycles. The summed E-state index contributed by atoms with van der Waals surface area (Å²) in [6, 6.07) is 4.29. The summed E-state index contributed by atoms with van der Waals surface area (Å²) in [4.78, 5) is 14.6. The summed E-state index contributed by atoms with van der Waals surface area (Å²) in [5.74, 6) is 0.141. The molecule has 1 saturated heterocycles. The van der Waals surface area contributed by atoms with Crippen molar-refractivity contribution < 1.29 is 9.18 Å². The molecular formula is C17H24ClFN2O. The molecule has 22 heavy (non-hydrogen) atoms. The predicted molar refractivity (Wildman–Crippen MR) is 87.7 cm³/mol. The van der Waals surface area contributed by atoms with Gasteiger partial charge in [0.15, 0.2) is 0 Å². The maximum absolute atomic E-state index is 13.7. The van der Waals surface area contributed by atoms with Gasteiger partial charge in [-0.25, -0.2) is 4.39 Å². The summed E-state index contributed by atoms with van der Waals surface area (Å²) in [5.41, 5.74) is -0.0542. The summed E-state index contributed by atoms with van der Waals surface area (Å²) in [5, 5.41) is 2.98. The predicted octanol–water partition coefficient (Wildman–Crippen LogP) is 3.58. The zero-order valence-corrected chi connectivity index (χ0v) is 14.0. The first-order valence-electron chi connectivity index (χ1n) is 7.92. The van der Waals surface area contributed by atoms with E-state index >= 15 is 0 Å². The fourth-order valence-electron chi connectivity index (χ4n) is 2.93. The number of piperidine rings is 1. The average molecular weight is 327 g/mol. The molecule has 2 rings (SSSR count). The minimum Gasteiger partial charge on any atom is -0.352 e. The van der Waals surface area contributed by atoms with Crippen molar-refractivity contribution in [1.82, 2.24) is 10.2 Å². The van der Waals surface area contributed by atoms with Crippen LogP contribution in [0.5, 0.6) is 0 Å². The lowest BCUT2D eigenvalue weighted by Gasteiger charge is -2.33. The van der Waals surface area contributed by atoms with E-state index in [9.17, 15) is 9.18 Å². The highest BCUT2D eigenvalue weighted by molar-refractivity contribution is 6.33. The van der Waals surface area contributed by atoms with Gasteiger partial charge in [-0.1, -0.05) is 31.5 Å². The molecule has 122 valence electrons. The number of hydrogen-bond donors (Lipinski definition) is 1. The molecule has 1 aliphatic heterocycles. The third-order valence-electron chi connectivity index (χ3n) is 4.07. The Morgan fingerprint density at radius 2 is 2.09 bits per heavy atom. The number of nitrogens with one attached hydrogen (secondary N) is 1. The lowest BCUT2D eigenvalue weighted by atomic mass is 9.96. The molecule has 0 unspecified atom stereocenters. The van der Waals surface area contributed by atoms with E-state index in [-0.39, 0.29) is 10.6 Å². The molecule has 1 N–H and O–H groups in total. The zero-order valence-electron chi connectivity index (χ0n) is 13.2. The van der Waals surface area contributed by atoms with E-state index < -0.39 is 11.7 Å². The Kier molecular flexibility index (Phi) is 6.21. The highest BCUT2D eigenvalue weighted by Crippen LogP contribution is 2.20. The molecule has 0 radical (unpaired) electrons. The molecule has 1 amide bonds. The van der Waals surface area contributed by atoms with Crippen LogP contribution in [0.2, 0.25) is 5.02 Å². The van der Waals surface area contributed by atoms with Gasteiger partial charge in [-0.3, -0.25) is 4.79 Å². The summed E-state index contributed by atoms with van der Waals surface area (Å²) in [6.45, 7) is 8.30. The molecular weight excluding hydrogens is 303 g/mol. The van der Waals surface area contributed by atoms with Crippen molar-refractivity contribution in [3.63, 3.8) is 0 Å². The maximum Gasteiger partial charge on any atom is 0.255 e. The van der Waals surface area contributed by atoms with Crippen LogP contribution in [0.4, 0.5) is 4.39 Å². The Bertz CT molecular complexity index is 493. The second kappa shape index (κ2) is 7.93. The number of amides is 1. The molecule has 1 aromatic rings. The van der Waals surface area contributed by atoms with E-state index in [1.54, 1.807) is 0 Å². The Morgan fingerprint density at radius 1 is 1.41 bits per heavy atom. The molecule has 0 aromatic heterocycles. The van der Waals surface area contributed by atoms with Crippen molar-refractivity contribution >= 4 is 17.5 Å². The minimum absolute atomic E-state index is 0.0542. The van der Waals surface area contributed by atoms with Gasteiger partial charge in [0, 0.05) is 13.1 Å². The van der Waals surface area contributed by atoms with Crippen LogP contribution >= 0.6 is 11.6 Å². The maximum atomic E-state index is 13.7. The third-order valence-corrected chi connectivity index (χ3v) is 4.39. The van der Waals surface area contributed by atoms with Crippen LogP contribution in [-0.2, 0) is 0 Å². The van der Waals surface area contributed by atoms with E-state index in [2.05, 4.69) is 24.1 Å². The van der Waals surface area contributed by atoms with Crippen molar-refractivity contribution in [1.29, 1.82) is 0 Å². The highest BCUT2D eigenvalue weighted by atomic mass is 35.5. The molecule has 0 saturated carbocycles. The van der Waals surface area contributed by atoms with Crippen LogP contribution in [0.15, 0.2) is 18.2 Å². The molecule has 0 bridgehead atoms. The monoisotopic (exact) mass is 326 g/mol. The van der Waals surface area contributed by atoms with Crippen LogP contribution < -0.4 is 5.32 Å². The van der Waals surface area contributed by atoms with E-state index in [4.69, 9.17) is 11.6 Å². The quantitative estimate of drug-likeness (QED) is 0.897.